The van der Waals surface area contributed by atoms with Crippen molar-refractivity contribution in [2.75, 3.05) is 20.8 Å². The van der Waals surface area contributed by atoms with Crippen molar-refractivity contribution >= 4 is 18.1 Å². The molecule has 0 aliphatic heterocycles. The van der Waals surface area contributed by atoms with Crippen LogP contribution in [0.2, 0.25) is 0 Å². The fourth-order valence-corrected chi connectivity index (χ4v) is 5.06. The van der Waals surface area contributed by atoms with Gasteiger partial charge in [0.2, 0.25) is 0 Å². The fraction of sp³-hybridized carbons (Fsp3) is 1.00. The molecule has 0 aromatic carbocycles. The quantitative estimate of drug-likeness (QED) is 0.406. The first-order valence-electron chi connectivity index (χ1n) is 5.65. The molecule has 0 aromatic rings. The van der Waals surface area contributed by atoms with Crippen molar-refractivity contribution in [3.05, 3.63) is 0 Å². The molecule has 104 valence electrons. The normalized spacial score (nSPS) is 17.1. The van der Waals surface area contributed by atoms with Crippen LogP contribution < -0.4 is 0 Å². The molecule has 0 radical (unpaired) electrons. The van der Waals surface area contributed by atoms with E-state index in [1.165, 1.54) is 14.2 Å². The van der Waals surface area contributed by atoms with Crippen LogP contribution in [-0.4, -0.2) is 36.8 Å². The zero-order valence-electron chi connectivity index (χ0n) is 11.9. The Balaban J connectivity index is 5.56. The maximum atomic E-state index is 12.7. The van der Waals surface area contributed by atoms with Crippen LogP contribution in [0, 0.1) is 5.41 Å². The Morgan fingerprint density at radius 1 is 1.18 bits per heavy atom. The highest BCUT2D eigenvalue weighted by atomic mass is 31.2. The topological polar surface area (TPSA) is 54.0 Å². The Morgan fingerprint density at radius 3 is 1.88 bits per heavy atom. The van der Waals surface area contributed by atoms with Gasteiger partial charge in [0, 0.05) is 19.6 Å². The molecule has 0 amide bonds. The van der Waals surface area contributed by atoms with Crippen molar-refractivity contribution < 1.29 is 22.8 Å². The molecule has 5 nitrogen and oxygen atoms in total. The first-order valence-corrected chi connectivity index (χ1v) is 8.01. The van der Waals surface area contributed by atoms with Crippen LogP contribution >= 0.6 is 7.60 Å². The van der Waals surface area contributed by atoms with Gasteiger partial charge in [0.1, 0.15) is 0 Å². The zero-order chi connectivity index (χ0) is 13.7. The zero-order valence-corrected chi connectivity index (χ0v) is 14.8. The van der Waals surface area contributed by atoms with Crippen LogP contribution in [0.15, 0.2) is 0 Å². The number of ether oxygens (including phenoxy) is 1. The summed E-state index contributed by atoms with van der Waals surface area (Å²) in [6.07, 6.45) is 0.802. The average Bonchev–Trinajstić information content (AvgIpc) is 2.28. The highest BCUT2D eigenvalue weighted by molar-refractivity contribution is 7.55. The lowest BCUT2D eigenvalue weighted by Crippen LogP contribution is -2.48. The van der Waals surface area contributed by atoms with Gasteiger partial charge in [-0.3, -0.25) is 4.57 Å². The standard InChI is InChI=1S/C10H25O5PSi/c1-7-8-14-10(15-17,9(2,3)4)16(11,12-5)13-6/h7-8H2,1-6,17H3. The van der Waals surface area contributed by atoms with Crippen molar-refractivity contribution in [3.8, 4) is 0 Å². The average molecular weight is 284 g/mol. The Morgan fingerprint density at radius 2 is 1.65 bits per heavy atom. The van der Waals surface area contributed by atoms with Crippen LogP contribution in [0.4, 0.5) is 0 Å². The van der Waals surface area contributed by atoms with Crippen molar-refractivity contribution in [2.24, 2.45) is 5.41 Å². The highest BCUT2D eigenvalue weighted by Gasteiger charge is 2.59. The third-order valence-electron chi connectivity index (χ3n) is 2.57. The molecule has 0 rings (SSSR count). The minimum atomic E-state index is -3.48. The predicted octanol–water partition coefficient (Wildman–Crippen LogP) is 1.90. The lowest BCUT2D eigenvalue weighted by Gasteiger charge is -2.45. The molecule has 7 heteroatoms. The first kappa shape index (κ1) is 17.3. The van der Waals surface area contributed by atoms with Gasteiger partial charge >= 0.3 is 7.60 Å². The molecule has 0 saturated carbocycles. The maximum Gasteiger partial charge on any atom is 0.388 e. The summed E-state index contributed by atoms with van der Waals surface area (Å²) in [5.74, 6) is 0. The summed E-state index contributed by atoms with van der Waals surface area (Å²) in [6.45, 7) is 8.10. The predicted molar refractivity (Wildman–Crippen MR) is 71.1 cm³/mol. The Kier molecular flexibility index (Phi) is 6.56. The van der Waals surface area contributed by atoms with E-state index in [4.69, 9.17) is 18.2 Å². The lowest BCUT2D eigenvalue weighted by atomic mass is 9.95. The second-order valence-corrected chi connectivity index (χ2v) is 7.47. The summed E-state index contributed by atoms with van der Waals surface area (Å²) in [5, 5.41) is 0. The van der Waals surface area contributed by atoms with E-state index in [1.807, 2.05) is 27.7 Å². The van der Waals surface area contributed by atoms with Crippen LogP contribution in [-0.2, 0) is 22.8 Å². The van der Waals surface area contributed by atoms with Crippen molar-refractivity contribution in [1.82, 2.24) is 0 Å². The van der Waals surface area contributed by atoms with Crippen molar-refractivity contribution in [2.45, 2.75) is 39.6 Å². The van der Waals surface area contributed by atoms with Crippen LogP contribution in [0.1, 0.15) is 34.1 Å². The van der Waals surface area contributed by atoms with Gasteiger partial charge in [0.25, 0.3) is 5.53 Å². The molecule has 0 fully saturated rings. The Labute approximate surface area is 107 Å². The van der Waals surface area contributed by atoms with Gasteiger partial charge in [0.05, 0.1) is 6.61 Å². The molecule has 0 bridgehead atoms. The number of hydrogen-bond donors (Lipinski definition) is 0. The molecule has 0 heterocycles. The van der Waals surface area contributed by atoms with Gasteiger partial charge in [-0.15, -0.1) is 0 Å². The van der Waals surface area contributed by atoms with E-state index in [0.29, 0.717) is 17.1 Å². The summed E-state index contributed by atoms with van der Waals surface area (Å²) in [6, 6.07) is 0. The summed E-state index contributed by atoms with van der Waals surface area (Å²) in [7, 11) is -0.411. The molecule has 0 saturated heterocycles. The SMILES string of the molecule is CCCOC(O[SiH3])(C(C)(C)C)P(=O)(OC)OC. The smallest absolute Gasteiger partial charge is 0.388 e. The third-order valence-corrected chi connectivity index (χ3v) is 6.15. The molecule has 1 unspecified atom stereocenters. The van der Waals surface area contributed by atoms with E-state index < -0.39 is 18.5 Å². The molecule has 0 aliphatic carbocycles. The van der Waals surface area contributed by atoms with E-state index in [2.05, 4.69) is 0 Å². The summed E-state index contributed by atoms with van der Waals surface area (Å²) >= 11 is 0. The minimum absolute atomic E-state index is 0.376. The number of rotatable bonds is 7. The van der Waals surface area contributed by atoms with Gasteiger partial charge in [-0.2, -0.15) is 0 Å². The van der Waals surface area contributed by atoms with Crippen LogP contribution in [0.5, 0.6) is 0 Å². The maximum absolute atomic E-state index is 12.7. The summed E-state index contributed by atoms with van der Waals surface area (Å²) in [4.78, 5) is 0. The molecule has 1 atom stereocenters. The second kappa shape index (κ2) is 6.45. The van der Waals surface area contributed by atoms with Gasteiger partial charge in [-0.05, 0) is 6.42 Å². The van der Waals surface area contributed by atoms with E-state index in [-0.39, 0.29) is 0 Å². The highest BCUT2D eigenvalue weighted by Crippen LogP contribution is 2.66. The monoisotopic (exact) mass is 284 g/mol. The fourth-order valence-electron chi connectivity index (χ4n) is 1.74. The molecular formula is C10H25O5PSi. The van der Waals surface area contributed by atoms with Crippen LogP contribution in [0.25, 0.3) is 0 Å². The van der Waals surface area contributed by atoms with Gasteiger partial charge in [-0.25, -0.2) is 0 Å². The summed E-state index contributed by atoms with van der Waals surface area (Å²) in [5.41, 5.74) is -1.86. The molecule has 0 N–H and O–H groups in total. The van der Waals surface area contributed by atoms with Crippen molar-refractivity contribution in [3.63, 3.8) is 0 Å². The van der Waals surface area contributed by atoms with Gasteiger partial charge < -0.3 is 18.2 Å². The third kappa shape index (κ3) is 3.19. The van der Waals surface area contributed by atoms with Crippen LogP contribution in [0.3, 0.4) is 0 Å². The second-order valence-electron chi connectivity index (χ2n) is 4.75. The Hall–Kier alpha value is 0.287. The lowest BCUT2D eigenvalue weighted by molar-refractivity contribution is -0.192. The molecule has 0 aromatic heterocycles. The van der Waals surface area contributed by atoms with E-state index in [1.54, 1.807) is 0 Å². The number of hydrogen-bond acceptors (Lipinski definition) is 5. The van der Waals surface area contributed by atoms with E-state index in [9.17, 15) is 4.57 Å². The summed E-state index contributed by atoms with van der Waals surface area (Å²) < 4.78 is 34.1. The van der Waals surface area contributed by atoms with Crippen molar-refractivity contribution in [1.29, 1.82) is 0 Å². The van der Waals surface area contributed by atoms with Gasteiger partial charge in [0.15, 0.2) is 10.5 Å². The first-order chi connectivity index (χ1) is 7.74. The minimum Gasteiger partial charge on any atom is -0.392 e. The van der Waals surface area contributed by atoms with E-state index >= 15 is 0 Å². The molecule has 0 spiro atoms. The largest absolute Gasteiger partial charge is 0.392 e. The van der Waals surface area contributed by atoms with Gasteiger partial charge in [-0.1, -0.05) is 27.7 Å². The molecule has 0 aliphatic rings. The molecule has 17 heavy (non-hydrogen) atoms. The van der Waals surface area contributed by atoms with E-state index in [0.717, 1.165) is 6.42 Å². The Bertz CT molecular complexity index is 270. The molecular weight excluding hydrogens is 259 g/mol.